The van der Waals surface area contributed by atoms with Crippen LogP contribution in [0.3, 0.4) is 0 Å². The normalized spacial score (nSPS) is 15.8. The average Bonchev–Trinajstić information content (AvgIpc) is 3.55. The van der Waals surface area contributed by atoms with Crippen molar-refractivity contribution in [3.8, 4) is 33.6 Å². The molecule has 0 spiro atoms. The van der Waals surface area contributed by atoms with E-state index in [0.29, 0.717) is 39.0 Å². The van der Waals surface area contributed by atoms with Gasteiger partial charge in [-0.05, 0) is 83.2 Å². The summed E-state index contributed by atoms with van der Waals surface area (Å²) in [5, 5.41) is 3.46. The molecule has 5 heteroatoms. The second-order valence-corrected chi connectivity index (χ2v) is 10.3. The van der Waals surface area contributed by atoms with E-state index < -0.39 is 27.4 Å². The van der Waals surface area contributed by atoms with Gasteiger partial charge < -0.3 is 14.4 Å². The zero-order valence-electron chi connectivity index (χ0n) is 36.1. The maximum Gasteiger partial charge on any atom is 0.216 e. The van der Waals surface area contributed by atoms with E-state index in [4.69, 9.17) is 20.9 Å². The maximum absolute atomic E-state index is 8.09. The van der Waals surface area contributed by atoms with Crippen LogP contribution in [-0.2, 0) is 20.1 Å². The van der Waals surface area contributed by atoms with E-state index in [0.717, 1.165) is 21.7 Å². The first-order valence-electron chi connectivity index (χ1n) is 20.0. The van der Waals surface area contributed by atoms with E-state index in [9.17, 15) is 0 Å². The third-order valence-corrected chi connectivity index (χ3v) is 7.37. The summed E-state index contributed by atoms with van der Waals surface area (Å²) >= 11 is 0. The molecule has 4 aromatic heterocycles. The standard InChI is InChI=1S/C28H19N2O.C13H12N.Ir/c1-17-16-29-26(15-25(17)21-12-11-19-6-3-4-7-20(19)14-21)24-9-5-8-22-23-13-10-18(2)30-28(23)31-27(22)24;1-10-3-6-12(7-4-10)13-8-5-11(2)9-14-13;/h3-8,10-16H,1-2H3;3-6,8-9H,1-2H3;/q2*-1;/i2*1D3,2D3;. The number of pyridine rings is 3. The summed E-state index contributed by atoms with van der Waals surface area (Å²) in [6.07, 6.45) is 2.68. The first-order chi connectivity index (χ1) is 26.8. The zero-order chi connectivity index (χ0) is 40.9. The van der Waals surface area contributed by atoms with Crippen molar-refractivity contribution in [2.24, 2.45) is 0 Å². The van der Waals surface area contributed by atoms with E-state index in [1.165, 1.54) is 36.7 Å². The maximum atomic E-state index is 8.09. The Morgan fingerprint density at radius 2 is 1.57 bits per heavy atom. The summed E-state index contributed by atoms with van der Waals surface area (Å²) in [6, 6.07) is 35.8. The summed E-state index contributed by atoms with van der Waals surface area (Å²) in [5.41, 5.74) is 4.61. The number of aromatic nitrogens is 3. The molecule has 4 heterocycles. The van der Waals surface area contributed by atoms with Crippen LogP contribution >= 0.6 is 0 Å². The molecule has 4 nitrogen and oxygen atoms in total. The van der Waals surface area contributed by atoms with Crippen LogP contribution in [0.4, 0.5) is 0 Å². The molecule has 0 saturated heterocycles. The molecular formula is C41H31IrN3O-2. The first kappa shape index (κ1) is 19.5. The summed E-state index contributed by atoms with van der Waals surface area (Å²) in [4.78, 5) is 12.8. The van der Waals surface area contributed by atoms with E-state index >= 15 is 0 Å². The Labute approximate surface area is 299 Å². The number of rotatable bonds is 3. The van der Waals surface area contributed by atoms with Crippen LogP contribution in [0, 0.1) is 39.5 Å². The zero-order valence-corrected chi connectivity index (χ0v) is 26.4. The molecule has 0 amide bonds. The molecule has 227 valence electrons. The Kier molecular flexibility index (Phi) is 5.60. The van der Waals surface area contributed by atoms with Crippen molar-refractivity contribution in [3.63, 3.8) is 0 Å². The van der Waals surface area contributed by atoms with E-state index in [1.54, 1.807) is 30.3 Å². The van der Waals surface area contributed by atoms with Gasteiger partial charge in [-0.2, -0.15) is 0 Å². The van der Waals surface area contributed by atoms with E-state index in [1.807, 2.05) is 48.5 Å². The second-order valence-electron chi connectivity index (χ2n) is 10.3. The Morgan fingerprint density at radius 3 is 2.35 bits per heavy atom. The molecule has 0 unspecified atom stereocenters. The van der Waals surface area contributed by atoms with Crippen molar-refractivity contribution in [1.82, 2.24) is 15.0 Å². The van der Waals surface area contributed by atoms with Crippen LogP contribution in [0.1, 0.15) is 38.8 Å². The number of aryl methyl sites for hydroxylation is 4. The van der Waals surface area contributed by atoms with Crippen molar-refractivity contribution in [2.75, 3.05) is 0 Å². The summed E-state index contributed by atoms with van der Waals surface area (Å²) < 4.78 is 96.9. The Balaban J connectivity index is 0.000000230. The first-order valence-corrected chi connectivity index (χ1v) is 14.0. The second kappa shape index (κ2) is 13.2. The molecule has 0 fully saturated rings. The van der Waals surface area contributed by atoms with Gasteiger partial charge in [0.25, 0.3) is 0 Å². The fourth-order valence-corrected chi connectivity index (χ4v) is 5.14. The molecule has 0 bridgehead atoms. The van der Waals surface area contributed by atoms with Gasteiger partial charge in [0.1, 0.15) is 0 Å². The van der Waals surface area contributed by atoms with Gasteiger partial charge >= 0.3 is 0 Å². The molecular weight excluding hydrogens is 743 g/mol. The van der Waals surface area contributed by atoms with Crippen molar-refractivity contribution in [2.45, 2.75) is 27.4 Å². The summed E-state index contributed by atoms with van der Waals surface area (Å²) in [7, 11) is 0. The number of nitrogens with zero attached hydrogens (tertiary/aromatic N) is 3. The van der Waals surface area contributed by atoms with Gasteiger partial charge in [0, 0.05) is 60.0 Å². The van der Waals surface area contributed by atoms with Crippen LogP contribution in [0.2, 0.25) is 0 Å². The van der Waals surface area contributed by atoms with Crippen molar-refractivity contribution in [3.05, 3.63) is 150 Å². The quantitative estimate of drug-likeness (QED) is 0.167. The minimum atomic E-state index is -2.36. The minimum Gasteiger partial charge on any atom is -0.486 e. The molecule has 46 heavy (non-hydrogen) atoms. The van der Waals surface area contributed by atoms with Gasteiger partial charge in [-0.25, -0.2) is 4.98 Å². The smallest absolute Gasteiger partial charge is 0.216 e. The van der Waals surface area contributed by atoms with Crippen LogP contribution in [0.25, 0.3) is 66.5 Å². The summed E-state index contributed by atoms with van der Waals surface area (Å²) in [5.74, 6) is 0. The Bertz CT molecular complexity index is 2680. The fourth-order valence-electron chi connectivity index (χ4n) is 5.14. The molecule has 0 atom stereocenters. The molecule has 0 saturated carbocycles. The third-order valence-electron chi connectivity index (χ3n) is 7.37. The van der Waals surface area contributed by atoms with Crippen LogP contribution in [-0.4, -0.2) is 15.0 Å². The van der Waals surface area contributed by atoms with E-state index in [-0.39, 0.29) is 48.2 Å². The fraction of sp³-hybridized carbons (Fsp3) is 0.0976. The molecule has 0 N–H and O–H groups in total. The molecule has 0 aliphatic rings. The molecule has 8 rings (SSSR count). The number of fused-ring (bicyclic) bond motifs is 4. The predicted molar refractivity (Wildman–Crippen MR) is 184 cm³/mol. The Hall–Kier alpha value is -4.96. The molecule has 1 radical (unpaired) electrons. The van der Waals surface area contributed by atoms with Gasteiger partial charge in [-0.15, -0.1) is 53.6 Å². The van der Waals surface area contributed by atoms with Gasteiger partial charge in [-0.3, -0.25) is 0 Å². The van der Waals surface area contributed by atoms with Crippen LogP contribution < -0.4 is 0 Å². The number of benzene rings is 4. The van der Waals surface area contributed by atoms with Crippen molar-refractivity contribution >= 4 is 32.8 Å². The van der Waals surface area contributed by atoms with Gasteiger partial charge in [0.2, 0.25) is 5.71 Å². The van der Waals surface area contributed by atoms with Gasteiger partial charge in [-0.1, -0.05) is 72.4 Å². The largest absolute Gasteiger partial charge is 0.486 e. The van der Waals surface area contributed by atoms with Gasteiger partial charge in [0.05, 0.1) is 5.58 Å². The third kappa shape index (κ3) is 6.25. The van der Waals surface area contributed by atoms with Crippen molar-refractivity contribution in [1.29, 1.82) is 0 Å². The van der Waals surface area contributed by atoms with Gasteiger partial charge in [0.15, 0.2) is 0 Å². The Morgan fingerprint density at radius 1 is 0.696 bits per heavy atom. The average molecular weight is 786 g/mol. The van der Waals surface area contributed by atoms with Crippen LogP contribution in [0.5, 0.6) is 0 Å². The molecule has 8 aromatic rings. The minimum absolute atomic E-state index is 0. The number of hydrogen-bond acceptors (Lipinski definition) is 4. The molecule has 4 aromatic carbocycles. The monoisotopic (exact) mass is 786 g/mol. The van der Waals surface area contributed by atoms with E-state index in [2.05, 4.69) is 27.1 Å². The molecule has 0 aliphatic heterocycles. The summed E-state index contributed by atoms with van der Waals surface area (Å²) in [6.45, 7) is -9.06. The topological polar surface area (TPSA) is 51.8 Å². The predicted octanol–water partition coefficient (Wildman–Crippen LogP) is 10.4. The van der Waals surface area contributed by atoms with Crippen LogP contribution in [0.15, 0.2) is 120 Å². The van der Waals surface area contributed by atoms with Crippen molar-refractivity contribution < 1.29 is 41.0 Å². The molecule has 0 aliphatic carbocycles. The SMILES string of the molecule is [2H]C([2H])([2H])c1c[c-]c(-c2ccc(C([2H])([2H])[2H])cn2)cc1.[2H]C([2H])([2H])c1ccc2c(n1)oc1c(-c3cc(-c4ccc5ccccc5c4)c(C([2H])([2H])[2H])cn3)[c-]ccc12.[Ir]. The number of furan rings is 1. The number of hydrogen-bond donors (Lipinski definition) is 0.